The third-order valence-corrected chi connectivity index (χ3v) is 4.55. The van der Waals surface area contributed by atoms with E-state index in [-0.39, 0.29) is 23.2 Å². The van der Waals surface area contributed by atoms with Crippen molar-refractivity contribution >= 4 is 21.6 Å². The quantitative estimate of drug-likeness (QED) is 0.774. The van der Waals surface area contributed by atoms with E-state index in [1.807, 2.05) is 6.92 Å². The number of sulfonamides is 1. The molecule has 0 fully saturated rings. The van der Waals surface area contributed by atoms with Gasteiger partial charge in [0.1, 0.15) is 5.15 Å². The van der Waals surface area contributed by atoms with E-state index in [2.05, 4.69) is 4.98 Å². The molecule has 1 aromatic heterocycles. The number of aliphatic hydroxyl groups is 1. The van der Waals surface area contributed by atoms with Crippen LogP contribution in [0.1, 0.15) is 19.8 Å². The summed E-state index contributed by atoms with van der Waals surface area (Å²) >= 11 is 5.69. The van der Waals surface area contributed by atoms with E-state index in [0.717, 1.165) is 12.8 Å². The number of aromatic nitrogens is 1. The summed E-state index contributed by atoms with van der Waals surface area (Å²) in [5, 5.41) is 9.09. The molecule has 0 aromatic carbocycles. The van der Waals surface area contributed by atoms with E-state index in [9.17, 15) is 8.42 Å². The van der Waals surface area contributed by atoms with E-state index >= 15 is 0 Å². The smallest absolute Gasteiger partial charge is 0.243 e. The molecule has 18 heavy (non-hydrogen) atoms. The normalized spacial score (nSPS) is 12.0. The van der Waals surface area contributed by atoms with Gasteiger partial charge in [-0.2, -0.15) is 4.31 Å². The summed E-state index contributed by atoms with van der Waals surface area (Å²) in [4.78, 5) is 3.86. The molecular formula is C11H17ClN2O3S. The summed E-state index contributed by atoms with van der Waals surface area (Å²) in [7, 11) is -3.61. The Kier molecular flexibility index (Phi) is 6.01. The Morgan fingerprint density at radius 1 is 1.44 bits per heavy atom. The van der Waals surface area contributed by atoms with Gasteiger partial charge in [0.15, 0.2) is 0 Å². The van der Waals surface area contributed by atoms with Gasteiger partial charge in [-0.15, -0.1) is 0 Å². The first kappa shape index (κ1) is 15.4. The fraction of sp³-hybridized carbons (Fsp3) is 0.545. The Labute approximate surface area is 112 Å². The second-order valence-corrected chi connectivity index (χ2v) is 6.12. The third kappa shape index (κ3) is 3.91. The third-order valence-electron chi connectivity index (χ3n) is 2.45. The van der Waals surface area contributed by atoms with Gasteiger partial charge in [-0.1, -0.05) is 24.9 Å². The highest BCUT2D eigenvalue weighted by Crippen LogP contribution is 2.18. The van der Waals surface area contributed by atoms with Crippen LogP contribution in [0.25, 0.3) is 0 Å². The summed E-state index contributed by atoms with van der Waals surface area (Å²) in [5.41, 5.74) is 0. The highest BCUT2D eigenvalue weighted by atomic mass is 35.5. The molecule has 0 saturated heterocycles. The van der Waals surface area contributed by atoms with Crippen LogP contribution in [0, 0.1) is 0 Å². The van der Waals surface area contributed by atoms with Gasteiger partial charge < -0.3 is 5.11 Å². The zero-order valence-corrected chi connectivity index (χ0v) is 11.8. The molecule has 1 heterocycles. The van der Waals surface area contributed by atoms with Gasteiger partial charge in [-0.05, 0) is 18.6 Å². The molecular weight excluding hydrogens is 276 g/mol. The molecule has 0 saturated carbocycles. The van der Waals surface area contributed by atoms with E-state index in [1.54, 1.807) is 0 Å². The van der Waals surface area contributed by atoms with Crippen molar-refractivity contribution in [3.63, 3.8) is 0 Å². The minimum Gasteiger partial charge on any atom is -0.395 e. The van der Waals surface area contributed by atoms with Gasteiger partial charge in [0.2, 0.25) is 10.0 Å². The van der Waals surface area contributed by atoms with Gasteiger partial charge in [-0.3, -0.25) is 0 Å². The van der Waals surface area contributed by atoms with Crippen LogP contribution in [0.2, 0.25) is 5.15 Å². The number of rotatable bonds is 7. The molecule has 0 unspecified atom stereocenters. The maximum absolute atomic E-state index is 12.3. The van der Waals surface area contributed by atoms with Gasteiger partial charge in [0.25, 0.3) is 0 Å². The van der Waals surface area contributed by atoms with Crippen molar-refractivity contribution in [1.82, 2.24) is 9.29 Å². The predicted octanol–water partition coefficient (Wildman–Crippen LogP) is 1.52. The van der Waals surface area contributed by atoms with Gasteiger partial charge in [-0.25, -0.2) is 13.4 Å². The number of hydrogen-bond donors (Lipinski definition) is 1. The standard InChI is InChI=1S/C11H17ClN2O3S/c1-2-3-6-14(7-8-15)18(16,17)10-4-5-13-11(12)9-10/h4-5,9,15H,2-3,6-8H2,1H3. The fourth-order valence-electron chi connectivity index (χ4n) is 1.49. The molecule has 0 aliphatic carbocycles. The summed E-state index contributed by atoms with van der Waals surface area (Å²) in [5.74, 6) is 0. The van der Waals surface area contributed by atoms with Gasteiger partial charge >= 0.3 is 0 Å². The summed E-state index contributed by atoms with van der Waals surface area (Å²) < 4.78 is 25.9. The van der Waals surface area contributed by atoms with Crippen LogP contribution >= 0.6 is 11.6 Å². The van der Waals surface area contributed by atoms with Crippen molar-refractivity contribution in [3.05, 3.63) is 23.5 Å². The first-order valence-electron chi connectivity index (χ1n) is 5.75. The Bertz CT molecular complexity index is 479. The minimum absolute atomic E-state index is 0.0856. The van der Waals surface area contributed by atoms with E-state index in [4.69, 9.17) is 16.7 Å². The zero-order chi connectivity index (χ0) is 13.6. The molecule has 0 bridgehead atoms. The van der Waals surface area contributed by atoms with Crippen LogP contribution in [-0.2, 0) is 10.0 Å². The molecule has 0 radical (unpaired) electrons. The van der Waals surface area contributed by atoms with Crippen molar-refractivity contribution < 1.29 is 13.5 Å². The highest BCUT2D eigenvalue weighted by molar-refractivity contribution is 7.89. The summed E-state index contributed by atoms with van der Waals surface area (Å²) in [6.07, 6.45) is 2.98. The molecule has 1 rings (SSSR count). The molecule has 102 valence electrons. The molecule has 7 heteroatoms. The SMILES string of the molecule is CCCCN(CCO)S(=O)(=O)c1ccnc(Cl)c1. The number of hydrogen-bond acceptors (Lipinski definition) is 4. The van der Waals surface area contributed by atoms with E-state index in [1.165, 1.54) is 22.6 Å². The molecule has 0 aliphatic heterocycles. The number of nitrogens with zero attached hydrogens (tertiary/aromatic N) is 2. The maximum atomic E-state index is 12.3. The van der Waals surface area contributed by atoms with E-state index < -0.39 is 10.0 Å². The molecule has 0 spiro atoms. The van der Waals surface area contributed by atoms with Crippen LogP contribution in [0.4, 0.5) is 0 Å². The number of halogens is 1. The van der Waals surface area contributed by atoms with Crippen molar-refractivity contribution in [2.45, 2.75) is 24.7 Å². The predicted molar refractivity (Wildman–Crippen MR) is 70.0 cm³/mol. The first-order chi connectivity index (χ1) is 8.52. The Balaban J connectivity index is 3.00. The Hall–Kier alpha value is -0.690. The minimum atomic E-state index is -3.61. The Morgan fingerprint density at radius 3 is 2.72 bits per heavy atom. The van der Waals surface area contributed by atoms with Crippen molar-refractivity contribution in [3.8, 4) is 0 Å². The second-order valence-electron chi connectivity index (χ2n) is 3.80. The van der Waals surface area contributed by atoms with Gasteiger partial charge in [0, 0.05) is 19.3 Å². The second kappa shape index (κ2) is 7.04. The van der Waals surface area contributed by atoms with Gasteiger partial charge in [0.05, 0.1) is 11.5 Å². The number of unbranched alkanes of at least 4 members (excludes halogenated alkanes) is 1. The lowest BCUT2D eigenvalue weighted by Gasteiger charge is -2.21. The van der Waals surface area contributed by atoms with Crippen LogP contribution in [0.5, 0.6) is 0 Å². The first-order valence-corrected chi connectivity index (χ1v) is 7.56. The molecule has 0 amide bonds. The fourth-order valence-corrected chi connectivity index (χ4v) is 3.21. The maximum Gasteiger partial charge on any atom is 0.243 e. The van der Waals surface area contributed by atoms with Crippen LogP contribution < -0.4 is 0 Å². The number of aliphatic hydroxyl groups excluding tert-OH is 1. The molecule has 5 nitrogen and oxygen atoms in total. The molecule has 1 N–H and O–H groups in total. The molecule has 0 atom stereocenters. The average molecular weight is 293 g/mol. The lowest BCUT2D eigenvalue weighted by atomic mass is 10.3. The summed E-state index contributed by atoms with van der Waals surface area (Å²) in [6.45, 7) is 2.25. The number of pyridine rings is 1. The average Bonchev–Trinajstić information content (AvgIpc) is 2.34. The van der Waals surface area contributed by atoms with Crippen LogP contribution in [0.3, 0.4) is 0 Å². The van der Waals surface area contributed by atoms with Crippen LogP contribution in [-0.4, -0.2) is 42.5 Å². The van der Waals surface area contributed by atoms with Crippen LogP contribution in [0.15, 0.2) is 23.2 Å². The largest absolute Gasteiger partial charge is 0.395 e. The molecule has 1 aromatic rings. The topological polar surface area (TPSA) is 70.5 Å². The van der Waals surface area contributed by atoms with Crippen molar-refractivity contribution in [1.29, 1.82) is 0 Å². The van der Waals surface area contributed by atoms with Crippen molar-refractivity contribution in [2.24, 2.45) is 0 Å². The lowest BCUT2D eigenvalue weighted by Crippen LogP contribution is -2.34. The molecule has 0 aliphatic rings. The summed E-state index contributed by atoms with van der Waals surface area (Å²) in [6, 6.07) is 2.71. The lowest BCUT2D eigenvalue weighted by molar-refractivity contribution is 0.252. The Morgan fingerprint density at radius 2 is 2.17 bits per heavy atom. The zero-order valence-electron chi connectivity index (χ0n) is 10.2. The van der Waals surface area contributed by atoms with E-state index in [0.29, 0.717) is 6.54 Å². The highest BCUT2D eigenvalue weighted by Gasteiger charge is 2.23. The van der Waals surface area contributed by atoms with Crippen molar-refractivity contribution in [2.75, 3.05) is 19.7 Å². The monoisotopic (exact) mass is 292 g/mol.